The summed E-state index contributed by atoms with van der Waals surface area (Å²) in [5.74, 6) is -0.795. The first kappa shape index (κ1) is 19.9. The molecule has 0 amide bonds. The molecular formula is C14H23ClO6. The van der Waals surface area contributed by atoms with E-state index in [9.17, 15) is 14.7 Å². The highest BCUT2D eigenvalue weighted by atomic mass is 35.5. The number of esters is 2. The van der Waals surface area contributed by atoms with Gasteiger partial charge >= 0.3 is 11.9 Å². The van der Waals surface area contributed by atoms with E-state index in [1.165, 1.54) is 6.92 Å². The number of carbonyl (C=O) groups is 2. The molecule has 21 heavy (non-hydrogen) atoms. The first-order chi connectivity index (χ1) is 9.68. The van der Waals surface area contributed by atoms with Crippen molar-refractivity contribution in [3.05, 3.63) is 12.2 Å². The van der Waals surface area contributed by atoms with Crippen molar-refractivity contribution < 1.29 is 28.9 Å². The minimum Gasteiger partial charge on any atom is -0.460 e. The Labute approximate surface area is 130 Å². The van der Waals surface area contributed by atoms with Gasteiger partial charge in [0.1, 0.15) is 18.3 Å². The number of ether oxygens (including phenoxy) is 3. The Morgan fingerprint density at radius 2 is 1.95 bits per heavy atom. The van der Waals surface area contributed by atoms with Crippen molar-refractivity contribution in [1.29, 1.82) is 0 Å². The van der Waals surface area contributed by atoms with Gasteiger partial charge in [0.15, 0.2) is 0 Å². The highest BCUT2D eigenvalue weighted by molar-refractivity contribution is 6.18. The average Bonchev–Trinajstić information content (AvgIpc) is 2.40. The van der Waals surface area contributed by atoms with E-state index in [0.717, 1.165) is 0 Å². The second-order valence-corrected chi connectivity index (χ2v) is 5.49. The van der Waals surface area contributed by atoms with Crippen LogP contribution in [0.15, 0.2) is 12.2 Å². The Hall–Kier alpha value is -1.11. The summed E-state index contributed by atoms with van der Waals surface area (Å²) in [6.45, 7) is 8.21. The number of aliphatic hydroxyl groups is 1. The minimum atomic E-state index is -0.955. The van der Waals surface area contributed by atoms with E-state index in [0.29, 0.717) is 0 Å². The molecule has 0 aromatic heterocycles. The second-order valence-electron chi connectivity index (χ2n) is 5.22. The lowest BCUT2D eigenvalue weighted by atomic mass is 10.2. The molecule has 0 aromatic carbocycles. The fraction of sp³-hybridized carbons (Fsp3) is 0.714. The molecule has 0 rings (SSSR count). The van der Waals surface area contributed by atoms with E-state index in [1.807, 2.05) is 0 Å². The predicted octanol–water partition coefficient (Wildman–Crippen LogP) is 1.43. The molecule has 0 bridgehead atoms. The number of aliphatic hydroxyl groups excluding tert-OH is 1. The summed E-state index contributed by atoms with van der Waals surface area (Å²) < 4.78 is 15.0. The third kappa shape index (κ3) is 10.3. The van der Waals surface area contributed by atoms with Gasteiger partial charge in [-0.3, -0.25) is 4.79 Å². The van der Waals surface area contributed by atoms with Crippen molar-refractivity contribution >= 4 is 23.5 Å². The summed E-state index contributed by atoms with van der Waals surface area (Å²) in [6.07, 6.45) is -0.901. The number of hydrogen-bond donors (Lipinski definition) is 1. The molecule has 0 saturated heterocycles. The second kappa shape index (κ2) is 9.76. The lowest BCUT2D eigenvalue weighted by Crippen LogP contribution is -2.30. The van der Waals surface area contributed by atoms with Crippen LogP contribution in [0, 0.1) is 0 Å². The van der Waals surface area contributed by atoms with Crippen molar-refractivity contribution in [1.82, 2.24) is 0 Å². The Balaban J connectivity index is 3.73. The largest absolute Gasteiger partial charge is 0.460 e. The molecule has 7 heteroatoms. The van der Waals surface area contributed by atoms with E-state index in [1.54, 1.807) is 13.8 Å². The molecule has 6 nitrogen and oxygen atoms in total. The van der Waals surface area contributed by atoms with E-state index in [2.05, 4.69) is 6.58 Å². The van der Waals surface area contributed by atoms with Crippen molar-refractivity contribution in [2.75, 3.05) is 25.7 Å². The van der Waals surface area contributed by atoms with Crippen LogP contribution in [0.25, 0.3) is 0 Å². The molecule has 0 aromatic rings. The molecular weight excluding hydrogens is 300 g/mol. The molecule has 0 spiro atoms. The maximum atomic E-state index is 11.4. The van der Waals surface area contributed by atoms with Gasteiger partial charge in [-0.2, -0.15) is 0 Å². The zero-order valence-electron chi connectivity index (χ0n) is 12.7. The van der Waals surface area contributed by atoms with Gasteiger partial charge in [0.05, 0.1) is 25.5 Å². The van der Waals surface area contributed by atoms with Crippen molar-refractivity contribution in [3.8, 4) is 0 Å². The van der Waals surface area contributed by atoms with E-state index in [4.69, 9.17) is 25.8 Å². The Morgan fingerprint density at radius 3 is 2.48 bits per heavy atom. The lowest BCUT2D eigenvalue weighted by Gasteiger charge is -2.22. The molecule has 0 aliphatic heterocycles. The van der Waals surface area contributed by atoms with Crippen LogP contribution in [0.4, 0.5) is 0 Å². The first-order valence-corrected chi connectivity index (χ1v) is 7.07. The van der Waals surface area contributed by atoms with Crippen molar-refractivity contribution in [3.63, 3.8) is 0 Å². The highest BCUT2D eigenvalue weighted by Gasteiger charge is 2.21. The zero-order chi connectivity index (χ0) is 16.5. The molecule has 1 atom stereocenters. The Morgan fingerprint density at radius 1 is 1.33 bits per heavy atom. The Kier molecular flexibility index (Phi) is 9.24. The van der Waals surface area contributed by atoms with E-state index >= 15 is 0 Å². The van der Waals surface area contributed by atoms with Crippen LogP contribution in [0.1, 0.15) is 27.2 Å². The van der Waals surface area contributed by atoms with Crippen LogP contribution >= 0.6 is 11.6 Å². The van der Waals surface area contributed by atoms with Gasteiger partial charge in [-0.05, 0) is 20.8 Å². The quantitative estimate of drug-likeness (QED) is 0.283. The number of halogens is 1. The third-order valence-electron chi connectivity index (χ3n) is 2.23. The van der Waals surface area contributed by atoms with Crippen LogP contribution < -0.4 is 0 Å². The molecule has 0 fully saturated rings. The summed E-state index contributed by atoms with van der Waals surface area (Å²) in [5, 5.41) is 9.50. The van der Waals surface area contributed by atoms with Crippen LogP contribution in [0.5, 0.6) is 0 Å². The predicted molar refractivity (Wildman–Crippen MR) is 78.1 cm³/mol. The normalized spacial score (nSPS) is 12.6. The third-order valence-corrected chi connectivity index (χ3v) is 2.87. The molecule has 0 aliphatic rings. The van der Waals surface area contributed by atoms with Crippen LogP contribution in [-0.2, 0) is 23.8 Å². The number of carbonyl (C=O) groups excluding carboxylic acids is 2. The first-order valence-electron chi connectivity index (χ1n) is 6.54. The standard InChI is InChI=1S/C14H23ClO6/c1-10(2)13(18)20-8-11(16)7-19-6-5-12(17)21-14(3,4)9-15/h11,16H,1,5-9H2,2-4H3. The van der Waals surface area contributed by atoms with Crippen molar-refractivity contribution in [2.24, 2.45) is 0 Å². The summed E-state index contributed by atoms with van der Waals surface area (Å²) >= 11 is 5.63. The van der Waals surface area contributed by atoms with Gasteiger partial charge in [-0.15, -0.1) is 11.6 Å². The summed E-state index contributed by atoms with van der Waals surface area (Å²) in [5.41, 5.74) is -0.456. The number of alkyl halides is 1. The van der Waals surface area contributed by atoms with Crippen molar-refractivity contribution in [2.45, 2.75) is 38.9 Å². The highest BCUT2D eigenvalue weighted by Crippen LogP contribution is 2.12. The fourth-order valence-corrected chi connectivity index (χ4v) is 1.16. The Bertz CT molecular complexity index is 366. The number of rotatable bonds is 10. The van der Waals surface area contributed by atoms with Gasteiger partial charge in [0.25, 0.3) is 0 Å². The van der Waals surface area contributed by atoms with Crippen LogP contribution in [0.2, 0.25) is 0 Å². The summed E-state index contributed by atoms with van der Waals surface area (Å²) in [4.78, 5) is 22.5. The van der Waals surface area contributed by atoms with Gasteiger partial charge < -0.3 is 19.3 Å². The van der Waals surface area contributed by atoms with Crippen LogP contribution in [-0.4, -0.2) is 54.5 Å². The minimum absolute atomic E-state index is 0.0460. The molecule has 0 radical (unpaired) electrons. The molecule has 1 unspecified atom stereocenters. The SMILES string of the molecule is C=C(C)C(=O)OCC(O)COCCC(=O)OC(C)(C)CCl. The summed E-state index contributed by atoms with van der Waals surface area (Å²) in [6, 6.07) is 0. The number of hydrogen-bond acceptors (Lipinski definition) is 6. The average molecular weight is 323 g/mol. The molecule has 0 aliphatic carbocycles. The van der Waals surface area contributed by atoms with E-state index in [-0.39, 0.29) is 37.7 Å². The monoisotopic (exact) mass is 322 g/mol. The summed E-state index contributed by atoms with van der Waals surface area (Å²) in [7, 11) is 0. The fourth-order valence-electron chi connectivity index (χ4n) is 1.10. The lowest BCUT2D eigenvalue weighted by molar-refractivity contribution is -0.156. The topological polar surface area (TPSA) is 82.1 Å². The maximum absolute atomic E-state index is 11.4. The van der Waals surface area contributed by atoms with Gasteiger partial charge in [-0.1, -0.05) is 6.58 Å². The van der Waals surface area contributed by atoms with E-state index < -0.39 is 23.6 Å². The zero-order valence-corrected chi connectivity index (χ0v) is 13.4. The molecule has 1 N–H and O–H groups in total. The van der Waals surface area contributed by atoms with Gasteiger partial charge in [0.2, 0.25) is 0 Å². The molecule has 0 heterocycles. The van der Waals surface area contributed by atoms with Crippen LogP contribution in [0.3, 0.4) is 0 Å². The van der Waals surface area contributed by atoms with Gasteiger partial charge in [-0.25, -0.2) is 4.79 Å². The maximum Gasteiger partial charge on any atom is 0.333 e. The molecule has 0 saturated carbocycles. The van der Waals surface area contributed by atoms with Gasteiger partial charge in [0, 0.05) is 5.57 Å². The molecule has 122 valence electrons. The smallest absolute Gasteiger partial charge is 0.333 e.